The maximum Gasteiger partial charge on any atom is 0.267 e. The zero-order valence-electron chi connectivity index (χ0n) is 10.7. The van der Waals surface area contributed by atoms with E-state index < -0.39 is 0 Å². The van der Waals surface area contributed by atoms with Crippen molar-refractivity contribution < 1.29 is 4.79 Å². The Hall–Kier alpha value is -1.49. The fourth-order valence-electron chi connectivity index (χ4n) is 1.83. The number of amides is 1. The van der Waals surface area contributed by atoms with Gasteiger partial charge in [-0.25, -0.2) is 0 Å². The molecule has 1 atom stereocenters. The van der Waals surface area contributed by atoms with Gasteiger partial charge in [-0.15, -0.1) is 0 Å². The van der Waals surface area contributed by atoms with Gasteiger partial charge >= 0.3 is 0 Å². The van der Waals surface area contributed by atoms with Gasteiger partial charge < -0.3 is 16.0 Å². The first-order chi connectivity index (χ1) is 9.58. The van der Waals surface area contributed by atoms with E-state index in [2.05, 4.69) is 10.3 Å². The lowest BCUT2D eigenvalue weighted by Crippen LogP contribution is -2.27. The number of carbonyl (C=O) groups is 1. The number of nitrogens with two attached hydrogens (primary N) is 1. The minimum Gasteiger partial charge on any atom is -0.351 e. The van der Waals surface area contributed by atoms with Crippen molar-refractivity contribution in [3.05, 3.63) is 57.8 Å². The average molecular weight is 312 g/mol. The lowest BCUT2D eigenvalue weighted by Gasteiger charge is -2.12. The third-order valence-corrected chi connectivity index (χ3v) is 3.63. The molecule has 0 aliphatic carbocycles. The van der Waals surface area contributed by atoms with Crippen LogP contribution in [0.2, 0.25) is 10.2 Å². The van der Waals surface area contributed by atoms with E-state index in [1.54, 1.807) is 0 Å². The van der Waals surface area contributed by atoms with Gasteiger partial charge in [-0.3, -0.25) is 4.79 Å². The Morgan fingerprint density at radius 3 is 2.60 bits per heavy atom. The molecule has 0 aliphatic rings. The summed E-state index contributed by atoms with van der Waals surface area (Å²) in [7, 11) is 0. The van der Waals surface area contributed by atoms with Crippen LogP contribution in [0.25, 0.3) is 0 Å². The first-order valence-electron chi connectivity index (χ1n) is 6.20. The molecule has 4 nitrogen and oxygen atoms in total. The summed E-state index contributed by atoms with van der Waals surface area (Å²) in [5, 5.41) is 3.37. The molecule has 0 spiro atoms. The molecule has 0 saturated carbocycles. The number of carbonyl (C=O) groups excluding carboxylic acids is 1. The molecule has 106 valence electrons. The molecular weight excluding hydrogens is 297 g/mol. The van der Waals surface area contributed by atoms with Gasteiger partial charge in [0.25, 0.3) is 5.91 Å². The molecule has 0 aliphatic heterocycles. The van der Waals surface area contributed by atoms with Crippen molar-refractivity contribution in [2.24, 2.45) is 5.73 Å². The second-order valence-corrected chi connectivity index (χ2v) is 5.19. The first kappa shape index (κ1) is 14.9. The third-order valence-electron chi connectivity index (χ3n) is 2.94. The second kappa shape index (κ2) is 6.79. The van der Waals surface area contributed by atoms with Crippen LogP contribution < -0.4 is 11.1 Å². The lowest BCUT2D eigenvalue weighted by molar-refractivity contribution is 0.0948. The molecule has 2 rings (SSSR count). The molecule has 0 saturated heterocycles. The predicted molar refractivity (Wildman–Crippen MR) is 81.1 cm³/mol. The van der Waals surface area contributed by atoms with E-state index in [4.69, 9.17) is 28.9 Å². The molecule has 4 N–H and O–H groups in total. The number of halogens is 2. The van der Waals surface area contributed by atoms with E-state index in [0.29, 0.717) is 23.7 Å². The van der Waals surface area contributed by atoms with Crippen LogP contribution in [-0.4, -0.2) is 17.4 Å². The highest BCUT2D eigenvalue weighted by atomic mass is 35.5. The van der Waals surface area contributed by atoms with Gasteiger partial charge in [-0.1, -0.05) is 53.5 Å². The zero-order valence-corrected chi connectivity index (χ0v) is 12.2. The number of benzene rings is 1. The van der Waals surface area contributed by atoms with Crippen molar-refractivity contribution in [3.63, 3.8) is 0 Å². The summed E-state index contributed by atoms with van der Waals surface area (Å²) in [6.07, 6.45) is 0.651. The molecule has 6 heteroatoms. The van der Waals surface area contributed by atoms with Gasteiger partial charge in [0.2, 0.25) is 0 Å². The van der Waals surface area contributed by atoms with E-state index in [0.717, 1.165) is 5.56 Å². The normalized spacial score (nSPS) is 12.2. The molecule has 0 fully saturated rings. The topological polar surface area (TPSA) is 70.9 Å². The zero-order chi connectivity index (χ0) is 14.5. The number of hydrogen-bond acceptors (Lipinski definition) is 2. The van der Waals surface area contributed by atoms with Gasteiger partial charge in [0.15, 0.2) is 0 Å². The Morgan fingerprint density at radius 2 is 2.00 bits per heavy atom. The lowest BCUT2D eigenvalue weighted by atomic mass is 10.1. The van der Waals surface area contributed by atoms with Crippen LogP contribution >= 0.6 is 23.2 Å². The number of aromatic amines is 1. The Bertz CT molecular complexity index is 564. The molecule has 1 unspecified atom stereocenters. The van der Waals surface area contributed by atoms with Crippen LogP contribution in [0.5, 0.6) is 0 Å². The van der Waals surface area contributed by atoms with Crippen LogP contribution in [0.4, 0.5) is 0 Å². The number of H-pyrrole nitrogens is 1. The van der Waals surface area contributed by atoms with E-state index in [9.17, 15) is 4.79 Å². The Labute approximate surface area is 127 Å². The molecule has 1 heterocycles. The largest absolute Gasteiger partial charge is 0.351 e. The first-order valence-corrected chi connectivity index (χ1v) is 6.96. The minimum absolute atomic E-state index is 0.104. The highest BCUT2D eigenvalue weighted by Crippen LogP contribution is 2.21. The van der Waals surface area contributed by atoms with Crippen molar-refractivity contribution in [1.29, 1.82) is 0 Å². The standard InChI is InChI=1S/C14H15Cl2N3O/c15-10-8-12(19-13(10)16)14(20)18-7-6-11(17)9-4-2-1-3-5-9/h1-5,8,11,19H,6-7,17H2,(H,18,20). The summed E-state index contributed by atoms with van der Waals surface area (Å²) < 4.78 is 0. The van der Waals surface area contributed by atoms with Gasteiger partial charge in [0.1, 0.15) is 10.8 Å². The van der Waals surface area contributed by atoms with E-state index in [1.165, 1.54) is 6.07 Å². The van der Waals surface area contributed by atoms with Gasteiger partial charge in [0, 0.05) is 12.6 Å². The molecular formula is C14H15Cl2N3O. The van der Waals surface area contributed by atoms with E-state index in [1.807, 2.05) is 30.3 Å². The second-order valence-electron chi connectivity index (χ2n) is 4.41. The highest BCUT2D eigenvalue weighted by Gasteiger charge is 2.12. The quantitative estimate of drug-likeness (QED) is 0.794. The number of rotatable bonds is 5. The molecule has 0 radical (unpaired) electrons. The Kier molecular flexibility index (Phi) is 5.06. The van der Waals surface area contributed by atoms with Crippen LogP contribution in [-0.2, 0) is 0 Å². The molecule has 2 aromatic rings. The number of hydrogen-bond donors (Lipinski definition) is 3. The third kappa shape index (κ3) is 3.76. The predicted octanol–water partition coefficient (Wildman–Crippen LogP) is 3.14. The summed E-state index contributed by atoms with van der Waals surface area (Å²) in [6.45, 7) is 0.475. The fraction of sp³-hybridized carbons (Fsp3) is 0.214. The Balaban J connectivity index is 1.82. The van der Waals surface area contributed by atoms with E-state index in [-0.39, 0.29) is 17.1 Å². The molecule has 20 heavy (non-hydrogen) atoms. The SMILES string of the molecule is NC(CCNC(=O)c1cc(Cl)c(Cl)[nH]1)c1ccccc1. The molecule has 1 aromatic carbocycles. The number of nitrogens with one attached hydrogen (secondary N) is 2. The van der Waals surface area contributed by atoms with Gasteiger partial charge in [-0.05, 0) is 18.1 Å². The maximum atomic E-state index is 11.8. The molecule has 0 bridgehead atoms. The van der Waals surface area contributed by atoms with E-state index >= 15 is 0 Å². The monoisotopic (exact) mass is 311 g/mol. The van der Waals surface area contributed by atoms with Crippen molar-refractivity contribution in [2.45, 2.75) is 12.5 Å². The summed E-state index contributed by atoms with van der Waals surface area (Å²) in [5.41, 5.74) is 7.44. The minimum atomic E-state index is -0.251. The highest BCUT2D eigenvalue weighted by molar-refractivity contribution is 6.41. The summed E-state index contributed by atoms with van der Waals surface area (Å²) in [6, 6.07) is 11.2. The van der Waals surface area contributed by atoms with Gasteiger partial charge in [0.05, 0.1) is 5.02 Å². The Morgan fingerprint density at radius 1 is 1.30 bits per heavy atom. The van der Waals surface area contributed by atoms with Crippen LogP contribution in [0.1, 0.15) is 28.5 Å². The van der Waals surface area contributed by atoms with Crippen LogP contribution in [0, 0.1) is 0 Å². The molecule has 1 amide bonds. The van der Waals surface area contributed by atoms with Gasteiger partial charge in [-0.2, -0.15) is 0 Å². The maximum absolute atomic E-state index is 11.8. The van der Waals surface area contributed by atoms with Crippen molar-refractivity contribution in [2.75, 3.05) is 6.54 Å². The average Bonchev–Trinajstić information content (AvgIpc) is 2.79. The number of aromatic nitrogens is 1. The summed E-state index contributed by atoms with van der Waals surface area (Å²) >= 11 is 11.5. The smallest absolute Gasteiger partial charge is 0.267 e. The molecule has 1 aromatic heterocycles. The van der Waals surface area contributed by atoms with Crippen molar-refractivity contribution in [1.82, 2.24) is 10.3 Å². The van der Waals surface area contributed by atoms with Crippen molar-refractivity contribution >= 4 is 29.1 Å². The van der Waals surface area contributed by atoms with Crippen molar-refractivity contribution in [3.8, 4) is 0 Å². The summed E-state index contributed by atoms with van der Waals surface area (Å²) in [4.78, 5) is 14.5. The van der Waals surface area contributed by atoms with Crippen LogP contribution in [0.15, 0.2) is 36.4 Å². The fourth-order valence-corrected chi connectivity index (χ4v) is 2.14. The van der Waals surface area contributed by atoms with Crippen LogP contribution in [0.3, 0.4) is 0 Å². The summed E-state index contributed by atoms with van der Waals surface area (Å²) in [5.74, 6) is -0.251.